The third-order valence-corrected chi connectivity index (χ3v) is 6.05. The van der Waals surface area contributed by atoms with E-state index in [-0.39, 0.29) is 10.0 Å². The first-order valence-electron chi connectivity index (χ1n) is 9.07. The molecule has 166 valence electrons. The molecule has 32 heavy (non-hydrogen) atoms. The van der Waals surface area contributed by atoms with Crippen LogP contribution >= 0.6 is 50.7 Å². The van der Waals surface area contributed by atoms with Gasteiger partial charge in [-0.2, -0.15) is 0 Å². The second-order valence-electron chi connectivity index (χ2n) is 6.69. The van der Waals surface area contributed by atoms with E-state index in [9.17, 15) is 14.0 Å². The first-order valence-corrected chi connectivity index (χ1v) is 11.0. The largest absolute Gasteiger partial charge is 0.454 e. The molecule has 0 unspecified atom stereocenters. The zero-order chi connectivity index (χ0) is 23.6. The van der Waals surface area contributed by atoms with Crippen LogP contribution in [-0.2, 0) is 0 Å². The lowest BCUT2D eigenvalue weighted by Gasteiger charge is -2.17. The Kier molecular flexibility index (Phi) is 7.67. The van der Waals surface area contributed by atoms with Gasteiger partial charge in [-0.1, -0.05) is 40.9 Å². The minimum absolute atomic E-state index is 0.111. The lowest BCUT2D eigenvalue weighted by molar-refractivity contribution is 0.0963. The zero-order valence-electron chi connectivity index (χ0n) is 16.7. The molecular formula is C22H15BrCl3FN2O3. The van der Waals surface area contributed by atoms with Gasteiger partial charge in [0.05, 0.1) is 20.1 Å². The average Bonchev–Trinajstić information content (AvgIpc) is 2.70. The Balaban J connectivity index is 1.80. The van der Waals surface area contributed by atoms with Crippen LogP contribution in [-0.4, -0.2) is 11.9 Å². The standard InChI is InChI=1S/C22H15BrCl3FN2O3/c1-10-8-16(28-22(31)29-21(30)18-14(25)4-3-5-15(18)27)11(2)19(26)20(10)32-17-7-6-12(24)9-13(17)23/h3-9H,1-2H3,(H2,28,29,30,31). The number of anilines is 1. The summed E-state index contributed by atoms with van der Waals surface area (Å²) in [5.41, 5.74) is 1.05. The summed E-state index contributed by atoms with van der Waals surface area (Å²) in [5, 5.41) is 5.29. The van der Waals surface area contributed by atoms with Crippen LogP contribution in [0.25, 0.3) is 0 Å². The molecule has 0 saturated heterocycles. The minimum atomic E-state index is -0.974. The number of rotatable bonds is 4. The molecule has 0 radical (unpaired) electrons. The van der Waals surface area contributed by atoms with Gasteiger partial charge in [-0.15, -0.1) is 0 Å². The minimum Gasteiger partial charge on any atom is -0.454 e. The number of benzene rings is 3. The molecule has 3 rings (SSSR count). The van der Waals surface area contributed by atoms with Crippen molar-refractivity contribution in [3.8, 4) is 11.5 Å². The number of amides is 3. The molecule has 0 saturated carbocycles. The maximum Gasteiger partial charge on any atom is 0.326 e. The first kappa shape index (κ1) is 24.3. The van der Waals surface area contributed by atoms with Crippen molar-refractivity contribution >= 4 is 68.4 Å². The molecule has 5 nitrogen and oxygen atoms in total. The highest BCUT2D eigenvalue weighted by atomic mass is 79.9. The van der Waals surface area contributed by atoms with E-state index >= 15 is 0 Å². The van der Waals surface area contributed by atoms with Crippen molar-refractivity contribution in [3.63, 3.8) is 0 Å². The van der Waals surface area contributed by atoms with E-state index in [1.54, 1.807) is 38.1 Å². The Bertz CT molecular complexity index is 1220. The molecule has 0 aliphatic carbocycles. The van der Waals surface area contributed by atoms with Crippen molar-refractivity contribution in [1.29, 1.82) is 0 Å². The van der Waals surface area contributed by atoms with Gasteiger partial charge in [-0.3, -0.25) is 10.1 Å². The maximum absolute atomic E-state index is 13.9. The van der Waals surface area contributed by atoms with E-state index in [2.05, 4.69) is 26.6 Å². The van der Waals surface area contributed by atoms with E-state index in [1.165, 1.54) is 12.1 Å². The zero-order valence-corrected chi connectivity index (χ0v) is 20.5. The molecule has 3 aromatic rings. The third-order valence-electron chi connectivity index (χ3n) is 4.42. The van der Waals surface area contributed by atoms with Crippen molar-refractivity contribution < 1.29 is 18.7 Å². The van der Waals surface area contributed by atoms with Crippen LogP contribution in [0.2, 0.25) is 15.1 Å². The van der Waals surface area contributed by atoms with Gasteiger partial charge in [0.1, 0.15) is 17.3 Å². The van der Waals surface area contributed by atoms with Crippen molar-refractivity contribution in [2.75, 3.05) is 5.32 Å². The number of nitrogens with one attached hydrogen (secondary N) is 2. The van der Waals surface area contributed by atoms with Gasteiger partial charge in [-0.05, 0) is 77.3 Å². The van der Waals surface area contributed by atoms with E-state index in [0.29, 0.717) is 37.8 Å². The summed E-state index contributed by atoms with van der Waals surface area (Å²) in [6.07, 6.45) is 0. The van der Waals surface area contributed by atoms with E-state index in [4.69, 9.17) is 39.5 Å². The van der Waals surface area contributed by atoms with Crippen LogP contribution in [0, 0.1) is 19.7 Å². The Hall–Kier alpha value is -2.32. The van der Waals surface area contributed by atoms with Crippen LogP contribution in [0.3, 0.4) is 0 Å². The van der Waals surface area contributed by atoms with Crippen LogP contribution in [0.1, 0.15) is 21.5 Å². The van der Waals surface area contributed by atoms with Crippen LogP contribution in [0.15, 0.2) is 46.9 Å². The van der Waals surface area contributed by atoms with Gasteiger partial charge >= 0.3 is 6.03 Å². The molecule has 3 aromatic carbocycles. The molecule has 0 aliphatic rings. The maximum atomic E-state index is 13.9. The van der Waals surface area contributed by atoms with E-state index in [0.717, 1.165) is 6.07 Å². The molecule has 0 aromatic heterocycles. The van der Waals surface area contributed by atoms with Gasteiger partial charge in [-0.25, -0.2) is 9.18 Å². The highest BCUT2D eigenvalue weighted by Gasteiger charge is 2.20. The van der Waals surface area contributed by atoms with Gasteiger partial charge in [0.2, 0.25) is 0 Å². The fourth-order valence-electron chi connectivity index (χ4n) is 2.81. The first-order chi connectivity index (χ1) is 15.1. The van der Waals surface area contributed by atoms with Crippen LogP contribution in [0.5, 0.6) is 11.5 Å². The third kappa shape index (κ3) is 5.35. The number of hydrogen-bond acceptors (Lipinski definition) is 3. The number of ether oxygens (including phenoxy) is 1. The fraction of sp³-hybridized carbons (Fsp3) is 0.0909. The molecule has 0 atom stereocenters. The smallest absolute Gasteiger partial charge is 0.326 e. The summed E-state index contributed by atoms with van der Waals surface area (Å²) < 4.78 is 20.5. The Labute approximate surface area is 206 Å². The number of carbonyl (C=O) groups is 2. The summed E-state index contributed by atoms with van der Waals surface area (Å²) in [6.45, 7) is 3.43. The Morgan fingerprint density at radius 1 is 1.06 bits per heavy atom. The van der Waals surface area contributed by atoms with Crippen molar-refractivity contribution in [2.24, 2.45) is 0 Å². The molecule has 3 amide bonds. The second-order valence-corrected chi connectivity index (χ2v) is 8.77. The summed E-state index contributed by atoms with van der Waals surface area (Å²) in [6, 6.07) is 9.60. The van der Waals surface area contributed by atoms with Gasteiger partial charge in [0.25, 0.3) is 5.91 Å². The van der Waals surface area contributed by atoms with Gasteiger partial charge in [0, 0.05) is 10.7 Å². The lowest BCUT2D eigenvalue weighted by atomic mass is 10.1. The van der Waals surface area contributed by atoms with Gasteiger partial charge < -0.3 is 10.1 Å². The number of carbonyl (C=O) groups excluding carboxylic acids is 2. The molecule has 0 fully saturated rings. The summed E-state index contributed by atoms with van der Waals surface area (Å²) in [4.78, 5) is 24.6. The normalized spacial score (nSPS) is 10.6. The monoisotopic (exact) mass is 558 g/mol. The molecule has 0 aliphatic heterocycles. The average molecular weight is 561 g/mol. The predicted octanol–water partition coefficient (Wildman–Crippen LogP) is 7.92. The second kappa shape index (κ2) is 10.1. The molecule has 0 heterocycles. The highest BCUT2D eigenvalue weighted by Crippen LogP contribution is 2.41. The summed E-state index contributed by atoms with van der Waals surface area (Å²) in [7, 11) is 0. The van der Waals surface area contributed by atoms with Gasteiger partial charge in [0.15, 0.2) is 0 Å². The fourth-order valence-corrected chi connectivity index (χ4v) is 4.11. The number of aryl methyl sites for hydroxylation is 1. The molecular weight excluding hydrogens is 546 g/mol. The number of imide groups is 1. The molecule has 10 heteroatoms. The van der Waals surface area contributed by atoms with Crippen LogP contribution < -0.4 is 15.4 Å². The topological polar surface area (TPSA) is 67.4 Å². The Morgan fingerprint density at radius 2 is 1.78 bits per heavy atom. The number of halogens is 5. The van der Waals surface area contributed by atoms with Crippen LogP contribution in [0.4, 0.5) is 14.9 Å². The summed E-state index contributed by atoms with van der Waals surface area (Å²) in [5.74, 6) is -0.914. The predicted molar refractivity (Wildman–Crippen MR) is 128 cm³/mol. The molecule has 0 spiro atoms. The molecule has 2 N–H and O–H groups in total. The van der Waals surface area contributed by atoms with Crippen molar-refractivity contribution in [1.82, 2.24) is 5.32 Å². The quantitative estimate of drug-likeness (QED) is 0.341. The summed E-state index contributed by atoms with van der Waals surface area (Å²) >= 11 is 21.7. The van der Waals surface area contributed by atoms with E-state index in [1.807, 2.05) is 0 Å². The number of urea groups is 1. The molecule has 0 bridgehead atoms. The van der Waals surface area contributed by atoms with E-state index < -0.39 is 23.3 Å². The van der Waals surface area contributed by atoms with Crippen molar-refractivity contribution in [3.05, 3.63) is 84.5 Å². The number of hydrogen-bond donors (Lipinski definition) is 2. The van der Waals surface area contributed by atoms with Crippen molar-refractivity contribution in [2.45, 2.75) is 13.8 Å². The highest BCUT2D eigenvalue weighted by molar-refractivity contribution is 9.10. The Morgan fingerprint density at radius 3 is 2.44 bits per heavy atom. The SMILES string of the molecule is Cc1cc(NC(=O)NC(=O)c2c(F)cccc2Cl)c(C)c(Cl)c1Oc1ccc(Cl)cc1Br. The lowest BCUT2D eigenvalue weighted by Crippen LogP contribution is -2.35.